The summed E-state index contributed by atoms with van der Waals surface area (Å²) in [6.45, 7) is 5.47. The Labute approximate surface area is 161 Å². The predicted octanol–water partition coefficient (Wildman–Crippen LogP) is 7.75. The highest BCUT2D eigenvalue weighted by molar-refractivity contribution is 5.29. The molecule has 0 bridgehead atoms. The average Bonchev–Trinajstić information content (AvgIpc) is 2.72. The minimum absolute atomic E-state index is 0.785. The van der Waals surface area contributed by atoms with Crippen LogP contribution in [0.2, 0.25) is 0 Å². The zero-order chi connectivity index (χ0) is 18.2. The van der Waals surface area contributed by atoms with Gasteiger partial charge in [0.25, 0.3) is 0 Å². The molecule has 3 rings (SSSR count). The summed E-state index contributed by atoms with van der Waals surface area (Å²) in [5, 5.41) is 0. The Hall–Kier alpha value is -0.980. The van der Waals surface area contributed by atoms with Gasteiger partial charge in [0.15, 0.2) is 0 Å². The Morgan fingerprint density at radius 1 is 0.769 bits per heavy atom. The number of hydrogen-bond donors (Lipinski definition) is 0. The van der Waals surface area contributed by atoms with Crippen molar-refractivity contribution in [2.45, 2.75) is 96.8 Å². The SMILES string of the molecule is CCCCCOc1ccc([C@H]2CC[C@H]([C@H]3CC[C@H](CC)CC3)CC2)cc1. The van der Waals surface area contributed by atoms with E-state index in [4.69, 9.17) is 4.74 Å². The van der Waals surface area contributed by atoms with Crippen molar-refractivity contribution in [3.8, 4) is 5.75 Å². The molecule has 0 saturated heterocycles. The molecule has 0 radical (unpaired) electrons. The molecule has 2 aliphatic carbocycles. The van der Waals surface area contributed by atoms with Crippen molar-refractivity contribution >= 4 is 0 Å². The van der Waals surface area contributed by atoms with Gasteiger partial charge in [-0.25, -0.2) is 0 Å². The molecule has 0 atom stereocenters. The van der Waals surface area contributed by atoms with Crippen LogP contribution < -0.4 is 4.74 Å². The third-order valence-electron chi connectivity index (χ3n) is 7.28. The normalized spacial score (nSPS) is 29.5. The number of ether oxygens (including phenoxy) is 1. The first-order chi connectivity index (χ1) is 12.8. The maximum absolute atomic E-state index is 5.86. The highest BCUT2D eigenvalue weighted by Crippen LogP contribution is 2.44. The van der Waals surface area contributed by atoms with Gasteiger partial charge in [-0.3, -0.25) is 0 Å². The number of rotatable bonds is 8. The minimum atomic E-state index is 0.785. The van der Waals surface area contributed by atoms with Crippen molar-refractivity contribution in [1.82, 2.24) is 0 Å². The summed E-state index contributed by atoms with van der Waals surface area (Å²) in [4.78, 5) is 0. The van der Waals surface area contributed by atoms with E-state index in [-0.39, 0.29) is 0 Å². The fourth-order valence-electron chi connectivity index (χ4n) is 5.37. The molecule has 1 heteroatoms. The molecule has 2 aliphatic rings. The average molecular weight is 357 g/mol. The molecule has 146 valence electrons. The van der Waals surface area contributed by atoms with E-state index in [1.807, 2.05) is 0 Å². The lowest BCUT2D eigenvalue weighted by Crippen LogP contribution is -2.25. The highest BCUT2D eigenvalue weighted by Gasteiger charge is 2.30. The van der Waals surface area contributed by atoms with E-state index in [9.17, 15) is 0 Å². The first kappa shape index (κ1) is 19.8. The Morgan fingerprint density at radius 3 is 1.96 bits per heavy atom. The third-order valence-corrected chi connectivity index (χ3v) is 7.28. The fraction of sp³-hybridized carbons (Fsp3) is 0.760. The third kappa shape index (κ3) is 5.51. The molecule has 0 aliphatic heterocycles. The van der Waals surface area contributed by atoms with Gasteiger partial charge < -0.3 is 4.74 Å². The van der Waals surface area contributed by atoms with Crippen LogP contribution in [0.5, 0.6) is 5.75 Å². The van der Waals surface area contributed by atoms with Crippen molar-refractivity contribution in [2.24, 2.45) is 17.8 Å². The maximum atomic E-state index is 5.86. The number of benzene rings is 1. The quantitative estimate of drug-likeness (QED) is 0.433. The summed E-state index contributed by atoms with van der Waals surface area (Å²) in [6.07, 6.45) is 16.8. The van der Waals surface area contributed by atoms with Gasteiger partial charge in [0.1, 0.15) is 5.75 Å². The Balaban J connectivity index is 1.41. The van der Waals surface area contributed by atoms with Gasteiger partial charge in [-0.05, 0) is 86.3 Å². The predicted molar refractivity (Wildman–Crippen MR) is 112 cm³/mol. The van der Waals surface area contributed by atoms with Gasteiger partial charge in [0.2, 0.25) is 0 Å². The Bertz CT molecular complexity index is 489. The monoisotopic (exact) mass is 356 g/mol. The summed E-state index contributed by atoms with van der Waals surface area (Å²) in [7, 11) is 0. The molecule has 0 amide bonds. The van der Waals surface area contributed by atoms with Crippen LogP contribution in [-0.2, 0) is 0 Å². The molecule has 1 aromatic carbocycles. The number of unbranched alkanes of at least 4 members (excludes halogenated alkanes) is 2. The number of hydrogen-bond acceptors (Lipinski definition) is 1. The van der Waals surface area contributed by atoms with Crippen LogP contribution in [0, 0.1) is 17.8 Å². The molecule has 26 heavy (non-hydrogen) atoms. The molecule has 0 unspecified atom stereocenters. The second-order valence-electron chi connectivity index (χ2n) is 8.93. The van der Waals surface area contributed by atoms with E-state index in [0.717, 1.165) is 36.0 Å². The molecule has 1 aromatic rings. The summed E-state index contributed by atoms with van der Waals surface area (Å²) >= 11 is 0. The fourth-order valence-corrected chi connectivity index (χ4v) is 5.37. The topological polar surface area (TPSA) is 9.23 Å². The van der Waals surface area contributed by atoms with E-state index in [0.29, 0.717) is 0 Å². The Morgan fingerprint density at radius 2 is 1.38 bits per heavy atom. The summed E-state index contributed by atoms with van der Waals surface area (Å²) < 4.78 is 5.86. The van der Waals surface area contributed by atoms with Crippen molar-refractivity contribution in [3.63, 3.8) is 0 Å². The summed E-state index contributed by atoms with van der Waals surface area (Å²) in [6, 6.07) is 9.04. The zero-order valence-corrected chi connectivity index (χ0v) is 17.2. The van der Waals surface area contributed by atoms with Gasteiger partial charge in [0, 0.05) is 0 Å². The van der Waals surface area contributed by atoms with Crippen LogP contribution >= 0.6 is 0 Å². The first-order valence-corrected chi connectivity index (χ1v) is 11.5. The van der Waals surface area contributed by atoms with Gasteiger partial charge >= 0.3 is 0 Å². The molecule has 2 fully saturated rings. The molecular weight excluding hydrogens is 316 g/mol. The van der Waals surface area contributed by atoms with Crippen LogP contribution in [0.15, 0.2) is 24.3 Å². The van der Waals surface area contributed by atoms with Crippen molar-refractivity contribution in [2.75, 3.05) is 6.61 Å². The van der Waals surface area contributed by atoms with Crippen LogP contribution in [0.4, 0.5) is 0 Å². The highest BCUT2D eigenvalue weighted by atomic mass is 16.5. The molecule has 0 heterocycles. The lowest BCUT2D eigenvalue weighted by atomic mass is 9.68. The summed E-state index contributed by atoms with van der Waals surface area (Å²) in [5.74, 6) is 4.92. The molecule has 2 saturated carbocycles. The van der Waals surface area contributed by atoms with Gasteiger partial charge in [-0.2, -0.15) is 0 Å². The van der Waals surface area contributed by atoms with Crippen LogP contribution in [0.3, 0.4) is 0 Å². The molecule has 0 aromatic heterocycles. The van der Waals surface area contributed by atoms with Crippen molar-refractivity contribution in [3.05, 3.63) is 29.8 Å². The second kappa shape index (κ2) is 10.4. The largest absolute Gasteiger partial charge is 0.494 e. The summed E-state index contributed by atoms with van der Waals surface area (Å²) in [5.41, 5.74) is 1.54. The van der Waals surface area contributed by atoms with E-state index in [1.165, 1.54) is 77.0 Å². The van der Waals surface area contributed by atoms with E-state index >= 15 is 0 Å². The molecule has 0 N–H and O–H groups in total. The lowest BCUT2D eigenvalue weighted by molar-refractivity contribution is 0.158. The van der Waals surface area contributed by atoms with Gasteiger partial charge in [0.05, 0.1) is 6.61 Å². The van der Waals surface area contributed by atoms with Crippen molar-refractivity contribution in [1.29, 1.82) is 0 Å². The van der Waals surface area contributed by atoms with Gasteiger partial charge in [-0.15, -0.1) is 0 Å². The zero-order valence-electron chi connectivity index (χ0n) is 17.2. The second-order valence-corrected chi connectivity index (χ2v) is 8.93. The van der Waals surface area contributed by atoms with Crippen LogP contribution in [0.25, 0.3) is 0 Å². The van der Waals surface area contributed by atoms with Crippen molar-refractivity contribution < 1.29 is 4.74 Å². The molecule has 1 nitrogen and oxygen atoms in total. The minimum Gasteiger partial charge on any atom is -0.494 e. The smallest absolute Gasteiger partial charge is 0.119 e. The molecular formula is C25H40O. The Kier molecular flexibility index (Phi) is 7.89. The van der Waals surface area contributed by atoms with Gasteiger partial charge in [-0.1, -0.05) is 58.1 Å². The van der Waals surface area contributed by atoms with Crippen LogP contribution in [-0.4, -0.2) is 6.61 Å². The van der Waals surface area contributed by atoms with E-state index < -0.39 is 0 Å². The maximum Gasteiger partial charge on any atom is 0.119 e. The van der Waals surface area contributed by atoms with Crippen LogP contribution in [0.1, 0.15) is 102 Å². The first-order valence-electron chi connectivity index (χ1n) is 11.5. The lowest BCUT2D eigenvalue weighted by Gasteiger charge is -2.38. The molecule has 0 spiro atoms. The van der Waals surface area contributed by atoms with E-state index in [1.54, 1.807) is 5.56 Å². The standard InChI is InChI=1S/C25H40O/c1-3-5-6-19-26-25-17-15-24(16-18-25)23-13-11-22(12-14-23)21-9-7-20(4-2)8-10-21/h15-18,20-23H,3-14,19H2,1-2H3/t20-,21-,22-,23-. The van der Waals surface area contributed by atoms with E-state index in [2.05, 4.69) is 38.1 Å².